The van der Waals surface area contributed by atoms with Crippen LogP contribution in [-0.2, 0) is 17.8 Å². The minimum Gasteiger partial charge on any atom is -0.480 e. The van der Waals surface area contributed by atoms with Crippen molar-refractivity contribution in [3.8, 4) is 17.1 Å². The molecule has 0 bridgehead atoms. The molecule has 2 aromatic carbocycles. The molecule has 1 aromatic heterocycles. The molecule has 2 heterocycles. The molecule has 0 fully saturated rings. The third-order valence-corrected chi connectivity index (χ3v) is 4.02. The van der Waals surface area contributed by atoms with Crippen LogP contribution in [-0.4, -0.2) is 17.0 Å². The highest BCUT2D eigenvalue weighted by molar-refractivity contribution is 5.82. The molecular formula is C19H15FN2O3. The van der Waals surface area contributed by atoms with Gasteiger partial charge in [0, 0.05) is 17.5 Å². The van der Waals surface area contributed by atoms with E-state index in [1.165, 1.54) is 18.2 Å². The van der Waals surface area contributed by atoms with Crippen LogP contribution in [0, 0.1) is 5.82 Å². The van der Waals surface area contributed by atoms with Gasteiger partial charge in [0.25, 0.3) is 5.91 Å². The van der Waals surface area contributed by atoms with Gasteiger partial charge in [0.15, 0.2) is 11.9 Å². The summed E-state index contributed by atoms with van der Waals surface area (Å²) in [6.07, 6.45) is 1.31. The van der Waals surface area contributed by atoms with Gasteiger partial charge in [-0.25, -0.2) is 9.37 Å². The summed E-state index contributed by atoms with van der Waals surface area (Å²) in [5, 5.41) is 2.74. The summed E-state index contributed by atoms with van der Waals surface area (Å²) in [5.41, 5.74) is 1.62. The summed E-state index contributed by atoms with van der Waals surface area (Å²) in [7, 11) is 0. The number of aromatic nitrogens is 1. The van der Waals surface area contributed by atoms with Crippen molar-refractivity contribution in [2.75, 3.05) is 0 Å². The average molecular weight is 338 g/mol. The summed E-state index contributed by atoms with van der Waals surface area (Å²) in [5.74, 6) is 0.982. The van der Waals surface area contributed by atoms with Gasteiger partial charge in [0.2, 0.25) is 5.89 Å². The largest absolute Gasteiger partial charge is 0.480 e. The molecule has 0 saturated carbocycles. The lowest BCUT2D eigenvalue weighted by molar-refractivity contribution is -0.127. The number of amides is 1. The van der Waals surface area contributed by atoms with Crippen molar-refractivity contribution in [2.45, 2.75) is 19.1 Å². The molecule has 1 amide bonds. The SMILES string of the molecule is O=C(NCc1ncc(-c2ccccc2)o1)C1Cc2cc(F)ccc2O1. The zero-order chi connectivity index (χ0) is 17.2. The third-order valence-electron chi connectivity index (χ3n) is 4.02. The molecule has 126 valence electrons. The fraction of sp³-hybridized carbons (Fsp3) is 0.158. The molecule has 1 unspecified atom stereocenters. The first-order valence-corrected chi connectivity index (χ1v) is 7.92. The Balaban J connectivity index is 1.36. The van der Waals surface area contributed by atoms with E-state index in [1.807, 2.05) is 30.3 Å². The van der Waals surface area contributed by atoms with Gasteiger partial charge in [0.05, 0.1) is 12.7 Å². The van der Waals surface area contributed by atoms with Crippen LogP contribution in [0.1, 0.15) is 11.5 Å². The Morgan fingerprint density at radius 3 is 2.92 bits per heavy atom. The molecule has 0 radical (unpaired) electrons. The number of benzene rings is 2. The van der Waals surface area contributed by atoms with Crippen molar-refractivity contribution in [3.63, 3.8) is 0 Å². The molecule has 3 aromatic rings. The van der Waals surface area contributed by atoms with E-state index in [0.717, 1.165) is 5.56 Å². The summed E-state index contributed by atoms with van der Waals surface area (Å²) < 4.78 is 24.4. The molecule has 1 aliphatic heterocycles. The molecule has 4 rings (SSSR count). The molecule has 0 spiro atoms. The van der Waals surface area contributed by atoms with Gasteiger partial charge in [-0.05, 0) is 18.2 Å². The Hall–Kier alpha value is -3.15. The van der Waals surface area contributed by atoms with E-state index in [4.69, 9.17) is 9.15 Å². The van der Waals surface area contributed by atoms with Crippen LogP contribution in [0.3, 0.4) is 0 Å². The number of hydrogen-bond donors (Lipinski definition) is 1. The molecule has 0 aliphatic carbocycles. The maximum Gasteiger partial charge on any atom is 0.261 e. The van der Waals surface area contributed by atoms with E-state index < -0.39 is 6.10 Å². The number of nitrogens with one attached hydrogen (secondary N) is 1. The average Bonchev–Trinajstić information content (AvgIpc) is 3.27. The Morgan fingerprint density at radius 2 is 2.08 bits per heavy atom. The second kappa shape index (κ2) is 6.39. The van der Waals surface area contributed by atoms with Crippen LogP contribution in [0.2, 0.25) is 0 Å². The second-order valence-electron chi connectivity index (χ2n) is 5.76. The lowest BCUT2D eigenvalue weighted by atomic mass is 10.1. The molecular weight excluding hydrogens is 323 g/mol. The summed E-state index contributed by atoms with van der Waals surface area (Å²) in [6.45, 7) is 0.163. The Bertz CT molecular complexity index is 908. The van der Waals surface area contributed by atoms with E-state index in [-0.39, 0.29) is 18.3 Å². The van der Waals surface area contributed by atoms with Crippen LogP contribution >= 0.6 is 0 Å². The van der Waals surface area contributed by atoms with Crippen molar-refractivity contribution < 1.29 is 18.3 Å². The Labute approximate surface area is 143 Å². The number of ether oxygens (including phenoxy) is 1. The van der Waals surface area contributed by atoms with Crippen molar-refractivity contribution >= 4 is 5.91 Å². The highest BCUT2D eigenvalue weighted by atomic mass is 19.1. The van der Waals surface area contributed by atoms with Gasteiger partial charge in [-0.15, -0.1) is 0 Å². The predicted molar refractivity (Wildman–Crippen MR) is 88.3 cm³/mol. The van der Waals surface area contributed by atoms with E-state index >= 15 is 0 Å². The minimum absolute atomic E-state index is 0.163. The first kappa shape index (κ1) is 15.4. The molecule has 1 N–H and O–H groups in total. The van der Waals surface area contributed by atoms with E-state index in [2.05, 4.69) is 10.3 Å². The fourth-order valence-corrected chi connectivity index (χ4v) is 2.77. The molecule has 25 heavy (non-hydrogen) atoms. The normalized spacial score (nSPS) is 15.5. The van der Waals surface area contributed by atoms with Gasteiger partial charge < -0.3 is 14.5 Å². The van der Waals surface area contributed by atoms with Crippen LogP contribution < -0.4 is 10.1 Å². The molecule has 6 heteroatoms. The first-order chi connectivity index (χ1) is 12.2. The number of rotatable bonds is 4. The van der Waals surface area contributed by atoms with Crippen molar-refractivity contribution in [1.29, 1.82) is 0 Å². The lowest BCUT2D eigenvalue weighted by Crippen LogP contribution is -2.37. The highest BCUT2D eigenvalue weighted by Gasteiger charge is 2.29. The molecule has 1 atom stereocenters. The predicted octanol–water partition coefficient (Wildman–Crippen LogP) is 3.10. The number of oxazole rings is 1. The van der Waals surface area contributed by atoms with Gasteiger partial charge in [-0.2, -0.15) is 0 Å². The molecule has 1 aliphatic rings. The zero-order valence-electron chi connectivity index (χ0n) is 13.2. The lowest BCUT2D eigenvalue weighted by Gasteiger charge is -2.10. The van der Waals surface area contributed by atoms with Crippen molar-refractivity contribution in [3.05, 3.63) is 72.0 Å². The third kappa shape index (κ3) is 3.24. The Kier molecular flexibility index (Phi) is 3.93. The van der Waals surface area contributed by atoms with Crippen LogP contribution in [0.5, 0.6) is 5.75 Å². The van der Waals surface area contributed by atoms with Crippen LogP contribution in [0.25, 0.3) is 11.3 Å². The number of fused-ring (bicyclic) bond motifs is 1. The summed E-state index contributed by atoms with van der Waals surface area (Å²) >= 11 is 0. The maximum absolute atomic E-state index is 13.2. The van der Waals surface area contributed by atoms with Gasteiger partial charge in [-0.3, -0.25) is 4.79 Å². The van der Waals surface area contributed by atoms with E-state index in [9.17, 15) is 9.18 Å². The summed E-state index contributed by atoms with van der Waals surface area (Å²) in [4.78, 5) is 16.4. The van der Waals surface area contributed by atoms with Crippen molar-refractivity contribution in [1.82, 2.24) is 10.3 Å². The van der Waals surface area contributed by atoms with Gasteiger partial charge in [0.1, 0.15) is 11.6 Å². The number of carbonyl (C=O) groups excluding carboxylic acids is 1. The highest BCUT2D eigenvalue weighted by Crippen LogP contribution is 2.29. The van der Waals surface area contributed by atoms with E-state index in [1.54, 1.807) is 6.20 Å². The minimum atomic E-state index is -0.666. The van der Waals surface area contributed by atoms with Gasteiger partial charge >= 0.3 is 0 Å². The summed E-state index contributed by atoms with van der Waals surface area (Å²) in [6, 6.07) is 13.8. The van der Waals surface area contributed by atoms with Gasteiger partial charge in [-0.1, -0.05) is 30.3 Å². The first-order valence-electron chi connectivity index (χ1n) is 7.92. The number of hydrogen-bond acceptors (Lipinski definition) is 4. The molecule has 0 saturated heterocycles. The zero-order valence-corrected chi connectivity index (χ0v) is 13.2. The fourth-order valence-electron chi connectivity index (χ4n) is 2.77. The van der Waals surface area contributed by atoms with Crippen LogP contribution in [0.4, 0.5) is 4.39 Å². The number of carbonyl (C=O) groups is 1. The van der Waals surface area contributed by atoms with Crippen LogP contribution in [0.15, 0.2) is 59.1 Å². The smallest absolute Gasteiger partial charge is 0.261 e. The standard InChI is InChI=1S/C19H15FN2O3/c20-14-6-7-15-13(8-14)9-16(24-15)19(23)22-11-18-21-10-17(25-18)12-4-2-1-3-5-12/h1-8,10,16H,9,11H2,(H,22,23). The quantitative estimate of drug-likeness (QED) is 0.794. The topological polar surface area (TPSA) is 64.4 Å². The van der Waals surface area contributed by atoms with Crippen molar-refractivity contribution in [2.24, 2.45) is 0 Å². The van der Waals surface area contributed by atoms with E-state index in [0.29, 0.717) is 29.4 Å². The monoisotopic (exact) mass is 338 g/mol. The number of halogens is 1. The molecule has 5 nitrogen and oxygen atoms in total. The maximum atomic E-state index is 13.2. The number of nitrogens with zero attached hydrogens (tertiary/aromatic N) is 1. The Morgan fingerprint density at radius 1 is 1.24 bits per heavy atom. The second-order valence-corrected chi connectivity index (χ2v) is 5.76.